The van der Waals surface area contributed by atoms with Crippen LogP contribution in [0.4, 0.5) is 0 Å². The fourth-order valence-corrected chi connectivity index (χ4v) is 3.05. The Morgan fingerprint density at radius 3 is 2.57 bits per heavy atom. The average Bonchev–Trinajstić information content (AvgIpc) is 2.85. The number of aryl methyl sites for hydroxylation is 3. The molecule has 0 amide bonds. The molecule has 0 radical (unpaired) electrons. The molecule has 2 aromatic rings. The van der Waals surface area contributed by atoms with E-state index in [-0.39, 0.29) is 6.61 Å². The molecule has 3 heteroatoms. The molecule has 21 heavy (non-hydrogen) atoms. The van der Waals surface area contributed by atoms with E-state index in [9.17, 15) is 0 Å². The van der Waals surface area contributed by atoms with E-state index < -0.39 is 0 Å². The van der Waals surface area contributed by atoms with Gasteiger partial charge in [0.1, 0.15) is 12.4 Å². The molecule has 0 atom stereocenters. The van der Waals surface area contributed by atoms with Crippen molar-refractivity contribution in [1.82, 2.24) is 0 Å². The normalized spacial score (nSPS) is 10.1. The lowest BCUT2D eigenvalue weighted by molar-refractivity contribution is 0.304. The molecule has 0 aliphatic rings. The van der Waals surface area contributed by atoms with Crippen LogP contribution in [0.1, 0.15) is 33.6 Å². The molecule has 2 nitrogen and oxygen atoms in total. The van der Waals surface area contributed by atoms with Gasteiger partial charge >= 0.3 is 0 Å². The van der Waals surface area contributed by atoms with Crippen LogP contribution >= 0.6 is 11.3 Å². The predicted molar refractivity (Wildman–Crippen MR) is 87.9 cm³/mol. The highest BCUT2D eigenvalue weighted by Gasteiger charge is 2.08. The van der Waals surface area contributed by atoms with Gasteiger partial charge in [0.25, 0.3) is 0 Å². The van der Waals surface area contributed by atoms with E-state index in [1.165, 1.54) is 5.56 Å². The van der Waals surface area contributed by atoms with Crippen LogP contribution in [0.15, 0.2) is 23.6 Å². The first-order valence-corrected chi connectivity index (χ1v) is 7.86. The number of rotatable bonds is 4. The summed E-state index contributed by atoms with van der Waals surface area (Å²) in [7, 11) is 0. The molecule has 1 heterocycles. The van der Waals surface area contributed by atoms with E-state index in [0.29, 0.717) is 13.0 Å². The summed E-state index contributed by atoms with van der Waals surface area (Å²) in [6, 6.07) is 6.28. The molecule has 0 saturated heterocycles. The van der Waals surface area contributed by atoms with Gasteiger partial charge in [-0.05, 0) is 43.3 Å². The van der Waals surface area contributed by atoms with Gasteiger partial charge in [-0.2, -0.15) is 0 Å². The van der Waals surface area contributed by atoms with Gasteiger partial charge in [0, 0.05) is 12.0 Å². The van der Waals surface area contributed by atoms with Crippen molar-refractivity contribution in [2.24, 2.45) is 0 Å². The first-order chi connectivity index (χ1) is 10.1. The Morgan fingerprint density at radius 1 is 1.19 bits per heavy atom. The highest BCUT2D eigenvalue weighted by atomic mass is 32.1. The third kappa shape index (κ3) is 4.10. The summed E-state index contributed by atoms with van der Waals surface area (Å²) >= 11 is 1.65. The molecule has 2 rings (SSSR count). The zero-order valence-electron chi connectivity index (χ0n) is 12.7. The highest BCUT2D eigenvalue weighted by Crippen LogP contribution is 2.27. The lowest BCUT2D eigenvalue weighted by Crippen LogP contribution is -1.99. The van der Waals surface area contributed by atoms with E-state index in [2.05, 4.69) is 44.7 Å². The van der Waals surface area contributed by atoms with Crippen molar-refractivity contribution in [2.75, 3.05) is 6.61 Å². The molecule has 0 spiro atoms. The maximum Gasteiger partial charge on any atom is 0.125 e. The Morgan fingerprint density at radius 2 is 1.90 bits per heavy atom. The van der Waals surface area contributed by atoms with Gasteiger partial charge < -0.3 is 9.84 Å². The molecule has 0 saturated carbocycles. The van der Waals surface area contributed by atoms with Gasteiger partial charge in [0.05, 0.1) is 11.5 Å². The summed E-state index contributed by atoms with van der Waals surface area (Å²) < 4.78 is 6.01. The Balaban J connectivity index is 2.11. The Bertz CT molecular complexity index is 651. The second kappa shape index (κ2) is 7.31. The van der Waals surface area contributed by atoms with E-state index in [1.807, 2.05) is 11.4 Å². The maximum atomic E-state index is 8.78. The van der Waals surface area contributed by atoms with Gasteiger partial charge in [0.2, 0.25) is 0 Å². The molecule has 0 fully saturated rings. The fourth-order valence-electron chi connectivity index (χ4n) is 2.31. The van der Waals surface area contributed by atoms with Crippen LogP contribution in [0.25, 0.3) is 0 Å². The minimum absolute atomic E-state index is 0.102. The Kier molecular flexibility index (Phi) is 5.44. The van der Waals surface area contributed by atoms with E-state index >= 15 is 0 Å². The van der Waals surface area contributed by atoms with Gasteiger partial charge in [-0.1, -0.05) is 29.5 Å². The summed E-state index contributed by atoms with van der Waals surface area (Å²) in [5, 5.41) is 10.8. The minimum Gasteiger partial charge on any atom is -0.487 e. The van der Waals surface area contributed by atoms with Crippen molar-refractivity contribution in [3.05, 3.63) is 50.7 Å². The van der Waals surface area contributed by atoms with Crippen LogP contribution in [-0.4, -0.2) is 11.7 Å². The monoisotopic (exact) mass is 300 g/mol. The van der Waals surface area contributed by atoms with Gasteiger partial charge in [-0.25, -0.2) is 0 Å². The minimum atomic E-state index is 0.102. The molecule has 0 bridgehead atoms. The smallest absolute Gasteiger partial charge is 0.125 e. The lowest BCUT2D eigenvalue weighted by atomic mass is 10.1. The number of benzene rings is 1. The third-order valence-corrected chi connectivity index (χ3v) is 4.05. The highest BCUT2D eigenvalue weighted by molar-refractivity contribution is 7.10. The molecule has 1 N–H and O–H groups in total. The maximum absolute atomic E-state index is 8.78. The number of aliphatic hydroxyl groups is 1. The van der Waals surface area contributed by atoms with E-state index in [4.69, 9.17) is 9.84 Å². The van der Waals surface area contributed by atoms with Crippen LogP contribution in [0.2, 0.25) is 0 Å². The van der Waals surface area contributed by atoms with Crippen molar-refractivity contribution in [2.45, 2.75) is 33.8 Å². The fraction of sp³-hybridized carbons (Fsp3) is 0.333. The van der Waals surface area contributed by atoms with Crippen molar-refractivity contribution in [1.29, 1.82) is 0 Å². The number of thiophene rings is 1. The number of hydrogen-bond acceptors (Lipinski definition) is 3. The van der Waals surface area contributed by atoms with Crippen molar-refractivity contribution in [3.63, 3.8) is 0 Å². The number of hydrogen-bond donors (Lipinski definition) is 1. The largest absolute Gasteiger partial charge is 0.487 e. The Hall–Kier alpha value is -1.76. The molecular formula is C18H20O2S. The van der Waals surface area contributed by atoms with Crippen LogP contribution in [-0.2, 0) is 6.61 Å². The predicted octanol–water partition coefficient (Wildman–Crippen LogP) is 3.99. The molecule has 0 aliphatic carbocycles. The van der Waals surface area contributed by atoms with E-state index in [0.717, 1.165) is 27.3 Å². The summed E-state index contributed by atoms with van der Waals surface area (Å²) in [6.45, 7) is 6.88. The molecule has 0 unspecified atom stereocenters. The second-order valence-corrected chi connectivity index (χ2v) is 6.05. The molecule has 0 aliphatic heterocycles. The number of ether oxygens (including phenoxy) is 1. The van der Waals surface area contributed by atoms with E-state index in [1.54, 1.807) is 11.3 Å². The van der Waals surface area contributed by atoms with Gasteiger partial charge in [0.15, 0.2) is 0 Å². The summed E-state index contributed by atoms with van der Waals surface area (Å²) in [5.41, 5.74) is 4.58. The number of aliphatic hydroxyl groups excluding tert-OH is 1. The Labute approximate surface area is 130 Å². The van der Waals surface area contributed by atoms with Gasteiger partial charge in [-0.15, -0.1) is 11.3 Å². The van der Waals surface area contributed by atoms with Crippen molar-refractivity contribution < 1.29 is 9.84 Å². The van der Waals surface area contributed by atoms with Crippen LogP contribution in [0.3, 0.4) is 0 Å². The van der Waals surface area contributed by atoms with Crippen LogP contribution < -0.4 is 4.74 Å². The van der Waals surface area contributed by atoms with Crippen molar-refractivity contribution in [3.8, 4) is 17.6 Å². The quantitative estimate of drug-likeness (QED) is 0.865. The first kappa shape index (κ1) is 15.6. The summed E-state index contributed by atoms with van der Waals surface area (Å²) in [4.78, 5) is 1.12. The molecular weight excluding hydrogens is 280 g/mol. The summed E-state index contributed by atoms with van der Waals surface area (Å²) in [5.74, 6) is 7.01. The van der Waals surface area contributed by atoms with Gasteiger partial charge in [-0.3, -0.25) is 0 Å². The third-order valence-electron chi connectivity index (χ3n) is 3.16. The average molecular weight is 300 g/mol. The molecule has 110 valence electrons. The van der Waals surface area contributed by atoms with Crippen LogP contribution in [0.5, 0.6) is 5.75 Å². The standard InChI is InChI=1S/C18H20O2S/c1-13-10-14(2)18(15(3)11-13)20-12-17-16(7-9-21-17)6-4-5-8-19/h7,9-11,19H,5,8,12H2,1-3H3. The zero-order chi connectivity index (χ0) is 15.2. The second-order valence-electron chi connectivity index (χ2n) is 5.05. The summed E-state index contributed by atoms with van der Waals surface area (Å²) in [6.07, 6.45) is 0.506. The zero-order valence-corrected chi connectivity index (χ0v) is 13.5. The molecule has 1 aromatic carbocycles. The molecule has 1 aromatic heterocycles. The van der Waals surface area contributed by atoms with Crippen molar-refractivity contribution >= 4 is 11.3 Å². The lowest BCUT2D eigenvalue weighted by Gasteiger charge is -2.12. The van der Waals surface area contributed by atoms with Crippen LogP contribution in [0, 0.1) is 32.6 Å². The first-order valence-electron chi connectivity index (χ1n) is 6.98. The topological polar surface area (TPSA) is 29.5 Å². The SMILES string of the molecule is Cc1cc(C)c(OCc2sccc2C#CCCO)c(C)c1.